The second-order valence-corrected chi connectivity index (χ2v) is 15.4. The predicted octanol–water partition coefficient (Wildman–Crippen LogP) is 10.6. The van der Waals surface area contributed by atoms with Gasteiger partial charge < -0.3 is 0 Å². The molecular weight excluding hydrogens is 545 g/mol. The number of para-hydroxylation sites is 2. The van der Waals surface area contributed by atoms with Crippen LogP contribution >= 0.6 is 0 Å². The molecule has 3 aromatic carbocycles. The fourth-order valence-electron chi connectivity index (χ4n) is 6.75. The van der Waals surface area contributed by atoms with Crippen LogP contribution in [0.25, 0.3) is 0 Å². The average Bonchev–Trinajstić information content (AvgIpc) is 2.95. The first-order valence-corrected chi connectivity index (χ1v) is 17.5. The fourth-order valence-corrected chi connectivity index (χ4v) is 10.4. The van der Waals surface area contributed by atoms with Crippen molar-refractivity contribution in [2.75, 3.05) is 7.71 Å². The molecule has 0 spiro atoms. The van der Waals surface area contributed by atoms with Crippen LogP contribution in [0, 0.1) is 0 Å². The standard InChI is InChI=1S/C37H48GeN2/c1-24(2)29-19-14-20-30(25(3)4)36(29)39-34-23-13-12-18-33(34)35(28-16-10-9-11-17-28)40(38-39)37-31(26(5)6)21-15-22-32(37)27(7)8/h9-11,14-17,19-22,24-27,35H,12-13,18,23H2,1-8H3/t35-/m1/s1. The molecule has 210 valence electrons. The van der Waals surface area contributed by atoms with Crippen molar-refractivity contribution in [2.45, 2.75) is 111 Å². The number of anilines is 2. The number of hydrogen-bond acceptors (Lipinski definition) is 2. The second kappa shape index (κ2) is 12.2. The maximum atomic E-state index is 2.92. The molecule has 0 N–H and O–H groups in total. The molecule has 0 unspecified atom stereocenters. The van der Waals surface area contributed by atoms with Crippen LogP contribution in [0.1, 0.15) is 139 Å². The molecule has 3 heteroatoms. The Kier molecular flexibility index (Phi) is 8.85. The van der Waals surface area contributed by atoms with E-state index in [1.54, 1.807) is 11.3 Å². The molecule has 2 nitrogen and oxygen atoms in total. The third-order valence-electron chi connectivity index (χ3n) is 8.81. The van der Waals surface area contributed by atoms with Crippen molar-refractivity contribution in [1.82, 2.24) is 0 Å². The molecular formula is C37H48GeN2. The van der Waals surface area contributed by atoms with Crippen LogP contribution < -0.4 is 7.71 Å². The number of nitrogens with zero attached hydrogens (tertiary/aromatic N) is 2. The average molecular weight is 593 g/mol. The van der Waals surface area contributed by atoms with Gasteiger partial charge in [0.1, 0.15) is 0 Å². The quantitative estimate of drug-likeness (QED) is 0.252. The van der Waals surface area contributed by atoms with Crippen molar-refractivity contribution in [3.63, 3.8) is 0 Å². The molecule has 5 rings (SSSR count). The van der Waals surface area contributed by atoms with E-state index < -0.39 is 15.9 Å². The molecule has 0 saturated carbocycles. The van der Waals surface area contributed by atoms with Gasteiger partial charge in [-0.25, -0.2) is 0 Å². The number of allylic oxidation sites excluding steroid dienone is 1. The molecule has 40 heavy (non-hydrogen) atoms. The molecule has 2 radical (unpaired) electrons. The van der Waals surface area contributed by atoms with Crippen molar-refractivity contribution >= 4 is 27.3 Å². The normalized spacial score (nSPS) is 17.9. The zero-order valence-electron chi connectivity index (χ0n) is 26.0. The third-order valence-corrected chi connectivity index (χ3v) is 11.7. The summed E-state index contributed by atoms with van der Waals surface area (Å²) in [7, 11) is 0. The van der Waals surface area contributed by atoms with E-state index in [0.717, 1.165) is 0 Å². The topological polar surface area (TPSA) is 6.48 Å². The Morgan fingerprint density at radius 2 is 1.05 bits per heavy atom. The predicted molar refractivity (Wildman–Crippen MR) is 175 cm³/mol. The van der Waals surface area contributed by atoms with Gasteiger partial charge in [-0.15, -0.1) is 0 Å². The first kappa shape index (κ1) is 29.0. The molecule has 1 aliphatic heterocycles. The Morgan fingerprint density at radius 3 is 1.55 bits per heavy atom. The van der Waals surface area contributed by atoms with Crippen LogP contribution in [-0.4, -0.2) is 15.9 Å². The minimum atomic E-state index is -0.741. The van der Waals surface area contributed by atoms with Gasteiger partial charge in [0.25, 0.3) is 0 Å². The first-order valence-electron chi connectivity index (χ1n) is 15.6. The zero-order chi connectivity index (χ0) is 28.6. The van der Waals surface area contributed by atoms with Gasteiger partial charge >= 0.3 is 252 Å². The summed E-state index contributed by atoms with van der Waals surface area (Å²) in [6, 6.07) is 25.9. The van der Waals surface area contributed by atoms with Crippen molar-refractivity contribution in [3.05, 3.63) is 106 Å². The number of benzene rings is 3. The summed E-state index contributed by atoms with van der Waals surface area (Å²) in [5, 5.41) is 0. The van der Waals surface area contributed by atoms with Crippen LogP contribution in [0.4, 0.5) is 11.4 Å². The SMILES string of the molecule is CC(C)c1cccc(C(C)C)c1[N]1[Ge][N](c2c(C(C)C)cccc2C(C)C)[C@H](c2ccccc2)C2=C1CCCC2. The Morgan fingerprint density at radius 1 is 0.575 bits per heavy atom. The van der Waals surface area contributed by atoms with Gasteiger partial charge in [0.15, 0.2) is 0 Å². The fraction of sp³-hybridized carbons (Fsp3) is 0.459. The number of rotatable bonds is 7. The van der Waals surface area contributed by atoms with Crippen LogP contribution in [0.3, 0.4) is 0 Å². The van der Waals surface area contributed by atoms with Crippen LogP contribution in [-0.2, 0) is 0 Å². The van der Waals surface area contributed by atoms with Crippen LogP contribution in [0.2, 0.25) is 0 Å². The van der Waals surface area contributed by atoms with Gasteiger partial charge in [0.05, 0.1) is 0 Å². The summed E-state index contributed by atoms with van der Waals surface area (Å²) in [5.74, 6) is 1.92. The Labute approximate surface area is 250 Å². The van der Waals surface area contributed by atoms with E-state index in [2.05, 4.69) is 130 Å². The monoisotopic (exact) mass is 594 g/mol. The summed E-state index contributed by atoms with van der Waals surface area (Å²) in [5.41, 5.74) is 13.8. The summed E-state index contributed by atoms with van der Waals surface area (Å²) < 4.78 is 5.81. The van der Waals surface area contributed by atoms with E-state index in [1.165, 1.54) is 64.9 Å². The van der Waals surface area contributed by atoms with E-state index in [4.69, 9.17) is 0 Å². The first-order chi connectivity index (χ1) is 19.2. The van der Waals surface area contributed by atoms with E-state index in [9.17, 15) is 0 Å². The Bertz CT molecular complexity index is 1300. The van der Waals surface area contributed by atoms with Gasteiger partial charge in [-0.05, 0) is 0 Å². The molecule has 0 saturated heterocycles. The zero-order valence-corrected chi connectivity index (χ0v) is 28.1. The van der Waals surface area contributed by atoms with Crippen LogP contribution in [0.5, 0.6) is 0 Å². The minimum absolute atomic E-state index is 0.318. The molecule has 0 fully saturated rings. The molecule has 0 bridgehead atoms. The van der Waals surface area contributed by atoms with Crippen molar-refractivity contribution in [2.24, 2.45) is 0 Å². The number of hydrogen-bond donors (Lipinski definition) is 0. The van der Waals surface area contributed by atoms with E-state index in [1.807, 2.05) is 0 Å². The van der Waals surface area contributed by atoms with Gasteiger partial charge in [0.2, 0.25) is 0 Å². The molecule has 1 aliphatic carbocycles. The van der Waals surface area contributed by atoms with Gasteiger partial charge in [0, 0.05) is 0 Å². The van der Waals surface area contributed by atoms with E-state index in [0.29, 0.717) is 29.7 Å². The summed E-state index contributed by atoms with van der Waals surface area (Å²) in [6.45, 7) is 19.0. The van der Waals surface area contributed by atoms with Gasteiger partial charge in [-0.1, -0.05) is 0 Å². The molecule has 1 heterocycles. The summed E-state index contributed by atoms with van der Waals surface area (Å²) in [6.07, 6.45) is 4.97. The molecule has 0 aromatic heterocycles. The van der Waals surface area contributed by atoms with Crippen molar-refractivity contribution in [1.29, 1.82) is 0 Å². The van der Waals surface area contributed by atoms with Crippen molar-refractivity contribution < 1.29 is 0 Å². The Hall–Kier alpha value is -2.46. The van der Waals surface area contributed by atoms with Crippen molar-refractivity contribution in [3.8, 4) is 0 Å². The summed E-state index contributed by atoms with van der Waals surface area (Å²) >= 11 is -0.741. The summed E-state index contributed by atoms with van der Waals surface area (Å²) in [4.78, 5) is 0. The molecule has 0 amide bonds. The van der Waals surface area contributed by atoms with E-state index >= 15 is 0 Å². The second-order valence-electron chi connectivity index (χ2n) is 13.0. The maximum absolute atomic E-state index is 2.92. The molecule has 2 aliphatic rings. The molecule has 1 atom stereocenters. The third kappa shape index (κ3) is 5.41. The van der Waals surface area contributed by atoms with E-state index in [-0.39, 0.29) is 0 Å². The molecule has 3 aromatic rings. The van der Waals surface area contributed by atoms with Gasteiger partial charge in [-0.3, -0.25) is 0 Å². The van der Waals surface area contributed by atoms with Crippen LogP contribution in [0.15, 0.2) is 78.0 Å². The Balaban J connectivity index is 1.84. The van der Waals surface area contributed by atoms with Gasteiger partial charge in [-0.2, -0.15) is 0 Å².